The van der Waals surface area contributed by atoms with Gasteiger partial charge in [-0.1, -0.05) is 23.9 Å². The van der Waals surface area contributed by atoms with E-state index in [0.717, 1.165) is 11.8 Å². The van der Waals surface area contributed by atoms with Gasteiger partial charge in [-0.2, -0.15) is 0 Å². The van der Waals surface area contributed by atoms with Gasteiger partial charge in [-0.25, -0.2) is 15.8 Å². The zero-order chi connectivity index (χ0) is 14.5. The molecule has 0 unspecified atom stereocenters. The summed E-state index contributed by atoms with van der Waals surface area (Å²) in [6, 6.07) is 6.38. The van der Waals surface area contributed by atoms with Gasteiger partial charge in [-0.3, -0.25) is 10.1 Å². The summed E-state index contributed by atoms with van der Waals surface area (Å²) in [7, 11) is 1.45. The van der Waals surface area contributed by atoms with Crippen LogP contribution in [-0.2, 0) is 0 Å². The number of nitro benzene ring substituents is 1. The van der Waals surface area contributed by atoms with E-state index in [9.17, 15) is 10.1 Å². The third-order valence-corrected chi connectivity index (χ3v) is 3.43. The Balaban J connectivity index is 2.43. The molecular weight excluding hydrogens is 282 g/mol. The number of para-hydroxylation sites is 1. The van der Waals surface area contributed by atoms with Crippen molar-refractivity contribution in [2.75, 3.05) is 12.5 Å². The number of hydrogen-bond acceptors (Lipinski definition) is 8. The van der Waals surface area contributed by atoms with Crippen molar-refractivity contribution in [1.82, 2.24) is 9.97 Å². The van der Waals surface area contributed by atoms with E-state index in [1.54, 1.807) is 18.2 Å². The zero-order valence-electron chi connectivity index (χ0n) is 10.4. The van der Waals surface area contributed by atoms with Crippen LogP contribution >= 0.6 is 11.8 Å². The van der Waals surface area contributed by atoms with Crippen molar-refractivity contribution in [3.05, 3.63) is 40.7 Å². The van der Waals surface area contributed by atoms with Crippen molar-refractivity contribution in [2.45, 2.75) is 9.92 Å². The first-order valence-corrected chi connectivity index (χ1v) is 6.26. The van der Waals surface area contributed by atoms with E-state index in [1.165, 1.54) is 19.5 Å². The quantitative estimate of drug-likeness (QED) is 0.371. The number of methoxy groups -OCH3 is 1. The fraction of sp³-hybridized carbons (Fsp3) is 0.0909. The molecule has 0 aliphatic heterocycles. The standard InChI is InChI=1S/C11H11N5O3S/c1-19-9-10(15-12)13-6-14-11(9)20-8-5-3-2-4-7(8)16(17)18/h2-6H,12H2,1H3,(H,13,14,15). The Morgan fingerprint density at radius 2 is 2.15 bits per heavy atom. The average Bonchev–Trinajstić information content (AvgIpc) is 2.47. The first-order chi connectivity index (χ1) is 9.67. The number of nitrogens with two attached hydrogens (primary N) is 1. The molecule has 0 amide bonds. The lowest BCUT2D eigenvalue weighted by atomic mass is 10.3. The van der Waals surface area contributed by atoms with E-state index in [-0.39, 0.29) is 5.69 Å². The summed E-state index contributed by atoms with van der Waals surface area (Å²) >= 11 is 1.11. The lowest BCUT2D eigenvalue weighted by molar-refractivity contribution is -0.387. The van der Waals surface area contributed by atoms with Crippen molar-refractivity contribution in [3.8, 4) is 5.75 Å². The summed E-state index contributed by atoms with van der Waals surface area (Å²) < 4.78 is 5.18. The highest BCUT2D eigenvalue weighted by Crippen LogP contribution is 2.39. The molecule has 2 rings (SSSR count). The van der Waals surface area contributed by atoms with Crippen LogP contribution in [0.15, 0.2) is 40.5 Å². The number of aromatic nitrogens is 2. The Morgan fingerprint density at radius 1 is 1.40 bits per heavy atom. The van der Waals surface area contributed by atoms with Crippen LogP contribution in [0.2, 0.25) is 0 Å². The third-order valence-electron chi connectivity index (χ3n) is 2.38. The van der Waals surface area contributed by atoms with Crippen LogP contribution in [0.3, 0.4) is 0 Å². The summed E-state index contributed by atoms with van der Waals surface area (Å²) in [4.78, 5) is 19.0. The van der Waals surface area contributed by atoms with Crippen LogP contribution in [0.25, 0.3) is 0 Å². The smallest absolute Gasteiger partial charge is 0.283 e. The lowest BCUT2D eigenvalue weighted by Crippen LogP contribution is -2.10. The number of ether oxygens (including phenoxy) is 1. The molecule has 104 valence electrons. The number of hydrazine groups is 1. The van der Waals surface area contributed by atoms with Gasteiger partial charge < -0.3 is 10.2 Å². The van der Waals surface area contributed by atoms with Gasteiger partial charge >= 0.3 is 0 Å². The molecule has 0 aliphatic carbocycles. The number of nitrogen functional groups attached to an aromatic ring is 1. The Kier molecular flexibility index (Phi) is 4.33. The van der Waals surface area contributed by atoms with E-state index in [4.69, 9.17) is 10.6 Å². The van der Waals surface area contributed by atoms with E-state index in [2.05, 4.69) is 15.4 Å². The average molecular weight is 293 g/mol. The molecule has 8 nitrogen and oxygen atoms in total. The first-order valence-electron chi connectivity index (χ1n) is 5.44. The Hall–Kier alpha value is -2.39. The second kappa shape index (κ2) is 6.17. The molecule has 2 aromatic rings. The highest BCUT2D eigenvalue weighted by atomic mass is 32.2. The summed E-state index contributed by atoms with van der Waals surface area (Å²) in [5, 5.41) is 11.4. The van der Waals surface area contributed by atoms with Crippen molar-refractivity contribution in [1.29, 1.82) is 0 Å². The molecule has 1 heterocycles. The molecule has 0 aliphatic rings. The molecule has 0 bridgehead atoms. The van der Waals surface area contributed by atoms with Crippen LogP contribution in [0.1, 0.15) is 0 Å². The molecule has 0 saturated carbocycles. The predicted molar refractivity (Wildman–Crippen MR) is 73.6 cm³/mol. The normalized spacial score (nSPS) is 10.1. The number of benzene rings is 1. The minimum Gasteiger partial charge on any atom is -0.490 e. The maximum atomic E-state index is 11.0. The van der Waals surface area contributed by atoms with E-state index >= 15 is 0 Å². The predicted octanol–water partition coefficient (Wildman–Crippen LogP) is 1.83. The van der Waals surface area contributed by atoms with E-state index in [0.29, 0.717) is 21.5 Å². The van der Waals surface area contributed by atoms with Crippen molar-refractivity contribution >= 4 is 23.3 Å². The SMILES string of the molecule is COc1c(NN)ncnc1Sc1ccccc1[N+](=O)[O-]. The highest BCUT2D eigenvalue weighted by molar-refractivity contribution is 7.99. The topological polar surface area (TPSA) is 116 Å². The van der Waals surface area contributed by atoms with Crippen molar-refractivity contribution in [2.24, 2.45) is 5.84 Å². The minimum absolute atomic E-state index is 0.000392. The molecule has 0 atom stereocenters. The first kappa shape index (κ1) is 14.0. The number of rotatable bonds is 5. The summed E-state index contributed by atoms with van der Waals surface area (Å²) in [6.07, 6.45) is 1.30. The van der Waals surface area contributed by atoms with Crippen LogP contribution in [0.5, 0.6) is 5.75 Å². The van der Waals surface area contributed by atoms with Gasteiger partial charge in [0.05, 0.1) is 16.9 Å². The molecule has 0 saturated heterocycles. The Bertz CT molecular complexity index is 637. The molecule has 0 radical (unpaired) electrons. The van der Waals surface area contributed by atoms with Crippen LogP contribution in [0, 0.1) is 10.1 Å². The molecule has 20 heavy (non-hydrogen) atoms. The van der Waals surface area contributed by atoms with Crippen LogP contribution < -0.4 is 16.0 Å². The number of nitrogens with one attached hydrogen (secondary N) is 1. The molecule has 9 heteroatoms. The maximum Gasteiger partial charge on any atom is 0.283 e. The number of nitrogens with zero attached hydrogens (tertiary/aromatic N) is 3. The lowest BCUT2D eigenvalue weighted by Gasteiger charge is -2.10. The highest BCUT2D eigenvalue weighted by Gasteiger charge is 2.18. The maximum absolute atomic E-state index is 11.0. The number of anilines is 1. The third kappa shape index (κ3) is 2.78. The molecule has 3 N–H and O–H groups in total. The van der Waals surface area contributed by atoms with Gasteiger partial charge in [0.2, 0.25) is 0 Å². The van der Waals surface area contributed by atoms with Crippen molar-refractivity contribution < 1.29 is 9.66 Å². The van der Waals surface area contributed by atoms with Gasteiger partial charge in [0.15, 0.2) is 11.6 Å². The number of hydrogen-bond donors (Lipinski definition) is 2. The molecule has 0 spiro atoms. The molecular formula is C11H11N5O3S. The Morgan fingerprint density at radius 3 is 2.80 bits per heavy atom. The van der Waals surface area contributed by atoms with E-state index < -0.39 is 4.92 Å². The monoisotopic (exact) mass is 293 g/mol. The van der Waals surface area contributed by atoms with E-state index in [1.807, 2.05) is 0 Å². The number of nitro groups is 1. The minimum atomic E-state index is -0.446. The summed E-state index contributed by atoms with van der Waals surface area (Å²) in [6.45, 7) is 0. The van der Waals surface area contributed by atoms with Crippen molar-refractivity contribution in [3.63, 3.8) is 0 Å². The molecule has 1 aromatic heterocycles. The molecule has 1 aromatic carbocycles. The largest absolute Gasteiger partial charge is 0.490 e. The fourth-order valence-electron chi connectivity index (χ4n) is 1.52. The second-order valence-electron chi connectivity index (χ2n) is 3.53. The van der Waals surface area contributed by atoms with Crippen LogP contribution in [0.4, 0.5) is 11.5 Å². The summed E-state index contributed by atoms with van der Waals surface area (Å²) in [5.74, 6) is 5.97. The van der Waals surface area contributed by atoms with Gasteiger partial charge in [0.25, 0.3) is 5.69 Å². The fourth-order valence-corrected chi connectivity index (χ4v) is 2.49. The Labute approximate surface area is 118 Å². The zero-order valence-corrected chi connectivity index (χ0v) is 11.3. The molecule has 0 fully saturated rings. The van der Waals surface area contributed by atoms with Crippen LogP contribution in [-0.4, -0.2) is 22.0 Å². The summed E-state index contributed by atoms with van der Waals surface area (Å²) in [5.41, 5.74) is 2.39. The van der Waals surface area contributed by atoms with Gasteiger partial charge in [-0.15, -0.1) is 0 Å². The van der Waals surface area contributed by atoms with Gasteiger partial charge in [0, 0.05) is 6.07 Å². The van der Waals surface area contributed by atoms with Gasteiger partial charge in [0.1, 0.15) is 11.4 Å². The second-order valence-corrected chi connectivity index (χ2v) is 4.56. The van der Waals surface area contributed by atoms with Gasteiger partial charge in [-0.05, 0) is 6.07 Å².